The molecule has 0 saturated heterocycles. The Bertz CT molecular complexity index is 1310. The lowest BCUT2D eigenvalue weighted by Crippen LogP contribution is -1.72. The van der Waals surface area contributed by atoms with Crippen molar-refractivity contribution in [3.05, 3.63) is 137 Å². The molecule has 0 bridgehead atoms. The molecule has 0 atom stereocenters. The third kappa shape index (κ3) is 23.7. The second kappa shape index (κ2) is 25.0. The van der Waals surface area contributed by atoms with Crippen molar-refractivity contribution in [2.75, 3.05) is 0 Å². The van der Waals surface area contributed by atoms with Crippen molar-refractivity contribution in [1.82, 2.24) is 70.9 Å². The molecule has 0 aromatic carbocycles. The van der Waals surface area contributed by atoms with Gasteiger partial charge in [-0.05, 0) is 89.9 Å². The summed E-state index contributed by atoms with van der Waals surface area (Å²) in [6, 6.07) is 13.7. The van der Waals surface area contributed by atoms with Gasteiger partial charge in [0.05, 0.1) is 0 Å². The predicted molar refractivity (Wildman–Crippen MR) is 175 cm³/mol. The van der Waals surface area contributed by atoms with E-state index in [9.17, 15) is 0 Å². The Morgan fingerprint density at radius 1 is 0.667 bits per heavy atom. The lowest BCUT2D eigenvalue weighted by atomic mass is 10.3. The first-order valence-electron chi connectivity index (χ1n) is 13.6. The normalized spacial score (nSPS) is 8.78. The number of aryl methyl sites for hydroxylation is 7. The molecule has 7 rings (SSSR count). The van der Waals surface area contributed by atoms with E-state index in [1.165, 1.54) is 17.5 Å². The zero-order valence-electron chi connectivity index (χ0n) is 26.6. The number of hydrogen-bond donors (Lipinski definition) is 3. The number of hydrogen-bond acceptors (Lipinski definition) is 12. The second-order valence-corrected chi connectivity index (χ2v) is 9.73. The fourth-order valence-corrected chi connectivity index (χ4v) is 2.71. The van der Waals surface area contributed by atoms with Crippen LogP contribution in [0.1, 0.15) is 39.3 Å². The SMILES string of the molecule is Cc1ccccn1.Cc1cccnc1.Cc1ccncc1.Cc1ncc[nH]1.Cc1ncn[nH]1.Cc1nn[nH]n1.Cc1nncs1. The largest absolute Gasteiger partial charge is 0.349 e. The predicted octanol–water partition coefficient (Wildman–Crippen LogP) is 5.36. The monoisotopic (exact) mass is 628 g/mol. The van der Waals surface area contributed by atoms with Gasteiger partial charge in [0.1, 0.15) is 28.5 Å². The molecule has 15 heteroatoms. The Balaban J connectivity index is 0.000000263. The van der Waals surface area contributed by atoms with Crippen LogP contribution in [0.3, 0.4) is 0 Å². The summed E-state index contributed by atoms with van der Waals surface area (Å²) in [5.41, 5.74) is 5.26. The third-order valence-electron chi connectivity index (χ3n) is 4.56. The van der Waals surface area contributed by atoms with E-state index in [1.807, 2.05) is 90.2 Å². The molecule has 14 nitrogen and oxygen atoms in total. The van der Waals surface area contributed by atoms with Crippen molar-refractivity contribution >= 4 is 11.3 Å². The minimum absolute atomic E-state index is 0.676. The highest BCUT2D eigenvalue weighted by molar-refractivity contribution is 7.09. The van der Waals surface area contributed by atoms with E-state index in [2.05, 4.69) is 70.9 Å². The van der Waals surface area contributed by atoms with Crippen molar-refractivity contribution in [2.24, 2.45) is 0 Å². The first-order chi connectivity index (χ1) is 21.8. The number of imidazole rings is 1. The summed E-state index contributed by atoms with van der Waals surface area (Å²) in [5.74, 6) is 2.50. The van der Waals surface area contributed by atoms with Gasteiger partial charge in [-0.3, -0.25) is 20.1 Å². The van der Waals surface area contributed by atoms with Crippen LogP contribution in [0.15, 0.2) is 97.7 Å². The lowest BCUT2D eigenvalue weighted by Gasteiger charge is -1.82. The van der Waals surface area contributed by atoms with Gasteiger partial charge in [0.25, 0.3) is 0 Å². The van der Waals surface area contributed by atoms with E-state index >= 15 is 0 Å². The molecule has 0 fully saturated rings. The van der Waals surface area contributed by atoms with Crippen molar-refractivity contribution in [2.45, 2.75) is 48.5 Å². The first kappa shape index (κ1) is 37.5. The highest BCUT2D eigenvalue weighted by atomic mass is 32.1. The molecular weight excluding hydrogens is 588 g/mol. The van der Waals surface area contributed by atoms with Gasteiger partial charge in [-0.2, -0.15) is 10.3 Å². The smallest absolute Gasteiger partial charge is 0.171 e. The number of nitrogens with zero attached hydrogens (tertiary/aromatic N) is 11. The minimum Gasteiger partial charge on any atom is -0.349 e. The van der Waals surface area contributed by atoms with E-state index < -0.39 is 0 Å². The van der Waals surface area contributed by atoms with Gasteiger partial charge in [0.2, 0.25) is 0 Å². The van der Waals surface area contributed by atoms with Crippen LogP contribution in [0.25, 0.3) is 0 Å². The van der Waals surface area contributed by atoms with Crippen molar-refractivity contribution in [3.8, 4) is 0 Å². The fraction of sp³-hybridized carbons (Fsp3) is 0.233. The molecule has 0 radical (unpaired) electrons. The number of aromatic nitrogens is 14. The van der Waals surface area contributed by atoms with Crippen LogP contribution in [0.4, 0.5) is 0 Å². The van der Waals surface area contributed by atoms with Crippen LogP contribution >= 0.6 is 11.3 Å². The van der Waals surface area contributed by atoms with Gasteiger partial charge in [-0.15, -0.1) is 31.7 Å². The van der Waals surface area contributed by atoms with Crippen molar-refractivity contribution < 1.29 is 0 Å². The van der Waals surface area contributed by atoms with Crippen LogP contribution in [0, 0.1) is 48.5 Å². The van der Waals surface area contributed by atoms with E-state index in [4.69, 9.17) is 0 Å². The number of pyridine rings is 3. The van der Waals surface area contributed by atoms with Gasteiger partial charge in [0.15, 0.2) is 5.82 Å². The molecular formula is C30H40N14S. The molecule has 0 aliphatic rings. The molecule has 0 aliphatic heterocycles. The summed E-state index contributed by atoms with van der Waals surface area (Å²) in [6.07, 6.45) is 14.0. The van der Waals surface area contributed by atoms with Crippen LogP contribution in [-0.4, -0.2) is 70.9 Å². The number of aromatic amines is 3. The fourth-order valence-electron chi connectivity index (χ4n) is 2.37. The van der Waals surface area contributed by atoms with Gasteiger partial charge in [-0.25, -0.2) is 9.97 Å². The van der Waals surface area contributed by atoms with Gasteiger partial charge in [-0.1, -0.05) is 17.3 Å². The summed E-state index contributed by atoms with van der Waals surface area (Å²) in [4.78, 5) is 22.2. The zero-order chi connectivity index (χ0) is 33.0. The molecule has 236 valence electrons. The van der Waals surface area contributed by atoms with E-state index in [0.717, 1.165) is 22.4 Å². The topological polar surface area (TPSA) is 189 Å². The summed E-state index contributed by atoms with van der Waals surface area (Å²) in [7, 11) is 0. The average Bonchev–Trinajstić information content (AvgIpc) is 3.89. The summed E-state index contributed by atoms with van der Waals surface area (Å²) < 4.78 is 0. The molecule has 45 heavy (non-hydrogen) atoms. The van der Waals surface area contributed by atoms with Gasteiger partial charge < -0.3 is 4.98 Å². The summed E-state index contributed by atoms with van der Waals surface area (Å²) in [5, 5.41) is 27.2. The minimum atomic E-state index is 0.676. The molecule has 0 unspecified atom stereocenters. The van der Waals surface area contributed by atoms with Crippen LogP contribution in [0.5, 0.6) is 0 Å². The number of nitrogens with one attached hydrogen (secondary N) is 3. The van der Waals surface area contributed by atoms with Crippen molar-refractivity contribution in [3.63, 3.8) is 0 Å². The van der Waals surface area contributed by atoms with E-state index in [1.54, 1.807) is 61.0 Å². The molecule has 0 aliphatic carbocycles. The summed E-state index contributed by atoms with van der Waals surface area (Å²) >= 11 is 1.56. The Hall–Kier alpha value is -5.57. The molecule has 3 N–H and O–H groups in total. The average molecular weight is 629 g/mol. The maximum Gasteiger partial charge on any atom is 0.171 e. The molecule has 0 saturated carbocycles. The van der Waals surface area contributed by atoms with Gasteiger partial charge in [0, 0.05) is 49.1 Å². The molecule has 7 aromatic heterocycles. The molecule has 0 amide bonds. The second-order valence-electron chi connectivity index (χ2n) is 8.69. The third-order valence-corrected chi connectivity index (χ3v) is 5.18. The Morgan fingerprint density at radius 3 is 1.69 bits per heavy atom. The van der Waals surface area contributed by atoms with E-state index in [-0.39, 0.29) is 0 Å². The number of H-pyrrole nitrogens is 3. The maximum atomic E-state index is 3.98. The Morgan fingerprint density at radius 2 is 1.47 bits per heavy atom. The first-order valence-corrected chi connectivity index (χ1v) is 14.5. The number of rotatable bonds is 0. The van der Waals surface area contributed by atoms with Crippen LogP contribution in [0.2, 0.25) is 0 Å². The van der Waals surface area contributed by atoms with Crippen LogP contribution < -0.4 is 0 Å². The molecule has 0 spiro atoms. The highest BCUT2D eigenvalue weighted by Crippen LogP contribution is 1.95. The van der Waals surface area contributed by atoms with E-state index in [0.29, 0.717) is 5.82 Å². The maximum absolute atomic E-state index is 3.98. The van der Waals surface area contributed by atoms with Crippen molar-refractivity contribution in [1.29, 1.82) is 0 Å². The lowest BCUT2D eigenvalue weighted by molar-refractivity contribution is 0.881. The standard InChI is InChI=1S/3C6H7N.C4H6N2.C3H5N3.C3H4N2S.C2H4N4/c1-6-2-4-7-5-3-6;1-6-3-2-4-7-5-6;1-6-4-2-3-5-7-6;1-4-5-2-3-6-4;1-3-4-2-5-6-3;1-3-5-4-2-6-3;1-2-3-5-6-4-2/h3*2-5H,1H3;2-3H,1H3,(H,5,6);2H,1H3,(H,4,5,6);2H,1H3;1H3,(H,3,4,5,6). The zero-order valence-corrected chi connectivity index (χ0v) is 27.4. The summed E-state index contributed by atoms with van der Waals surface area (Å²) in [6.45, 7) is 13.5. The Labute approximate surface area is 267 Å². The number of tetrazole rings is 1. The molecule has 7 heterocycles. The Kier molecular flexibility index (Phi) is 20.8. The quantitative estimate of drug-likeness (QED) is 0.196. The van der Waals surface area contributed by atoms with Crippen LogP contribution in [-0.2, 0) is 0 Å². The van der Waals surface area contributed by atoms with Gasteiger partial charge >= 0.3 is 0 Å². The molecule has 7 aromatic rings. The highest BCUT2D eigenvalue weighted by Gasteiger charge is 1.79.